The first-order valence-corrected chi connectivity index (χ1v) is 27.4. The Kier molecular flexibility index (Phi) is 21.2. The van der Waals surface area contributed by atoms with Gasteiger partial charge in [0, 0.05) is 0 Å². The van der Waals surface area contributed by atoms with Crippen LogP contribution in [-0.4, -0.2) is 86.2 Å². The van der Waals surface area contributed by atoms with Crippen LogP contribution in [0.3, 0.4) is 0 Å². The molecule has 2 aliphatic rings. The second-order valence-electron chi connectivity index (χ2n) is 20.8. The number of rotatable bonds is 27. The van der Waals surface area contributed by atoms with Crippen molar-refractivity contribution in [2.24, 2.45) is 5.92 Å². The molecule has 79 heavy (non-hydrogen) atoms. The van der Waals surface area contributed by atoms with Crippen LogP contribution in [0, 0.1) is 5.92 Å². The van der Waals surface area contributed by atoms with E-state index in [1.54, 1.807) is 24.3 Å². The maximum absolute atomic E-state index is 14.4. The summed E-state index contributed by atoms with van der Waals surface area (Å²) in [5.74, 6) is -0.469. The molecule has 414 valence electrons. The monoisotopic (exact) mass is 1070 g/mol. The molecule has 0 saturated carbocycles. The Hall–Kier alpha value is -6.39. The van der Waals surface area contributed by atoms with Crippen LogP contribution in [0.5, 0.6) is 0 Å². The van der Waals surface area contributed by atoms with Gasteiger partial charge in [-0.15, -0.1) is 0 Å². The van der Waals surface area contributed by atoms with Crippen LogP contribution in [0.15, 0.2) is 212 Å². The van der Waals surface area contributed by atoms with Gasteiger partial charge in [-0.1, -0.05) is 214 Å². The molecule has 0 radical (unpaired) electrons. The SMILES string of the molecule is CC(C)C(C)(C)O[C@@H]1O[C@H](COCc2ccccc2)[C@H](O[C@H]2O[C@H](COCc3ccccc3)[C@@H](OC(=O)c3ccccc3)[C@H](OCc3ccccc3)[C@H]2OCc2ccccc2)[C@H](OCc2ccccc2)[C@H]1OCc1ccccc1. The number of hydrogen-bond acceptors (Lipinski definition) is 12. The van der Waals surface area contributed by atoms with Crippen molar-refractivity contribution in [3.8, 4) is 0 Å². The molecule has 0 amide bonds. The minimum Gasteiger partial charge on any atom is -0.453 e. The molecular weight excluding hydrogens is 997 g/mol. The van der Waals surface area contributed by atoms with Crippen LogP contribution in [0.1, 0.15) is 71.4 Å². The number of benzene rings is 7. The van der Waals surface area contributed by atoms with Crippen LogP contribution in [0.25, 0.3) is 0 Å². The first-order chi connectivity index (χ1) is 38.7. The normalized spacial score (nSPS) is 23.3. The number of esters is 1. The van der Waals surface area contributed by atoms with E-state index in [-0.39, 0.29) is 52.2 Å². The topological polar surface area (TPSA) is 119 Å². The summed E-state index contributed by atoms with van der Waals surface area (Å²) in [6, 6.07) is 68.4. The molecule has 12 heteroatoms. The molecule has 7 aromatic carbocycles. The first kappa shape index (κ1) is 57.3. The quantitative estimate of drug-likeness (QED) is 0.0456. The summed E-state index contributed by atoms with van der Waals surface area (Å²) < 4.78 is 77.2. The molecule has 7 aromatic rings. The summed E-state index contributed by atoms with van der Waals surface area (Å²) in [5, 5.41) is 0. The number of carbonyl (C=O) groups excluding carboxylic acids is 1. The van der Waals surface area contributed by atoms with Gasteiger partial charge < -0.3 is 52.1 Å². The lowest BCUT2D eigenvalue weighted by atomic mass is 9.93. The Balaban J connectivity index is 1.15. The Bertz CT molecular complexity index is 2810. The second-order valence-corrected chi connectivity index (χ2v) is 20.8. The van der Waals surface area contributed by atoms with Crippen molar-refractivity contribution < 1.29 is 56.9 Å². The lowest BCUT2D eigenvalue weighted by molar-refractivity contribution is -0.383. The van der Waals surface area contributed by atoms with Crippen LogP contribution in [0.2, 0.25) is 0 Å². The summed E-state index contributed by atoms with van der Waals surface area (Å²) in [4.78, 5) is 14.4. The fourth-order valence-electron chi connectivity index (χ4n) is 9.43. The largest absolute Gasteiger partial charge is 0.453 e. The molecule has 0 N–H and O–H groups in total. The predicted molar refractivity (Wildman–Crippen MR) is 300 cm³/mol. The number of carbonyl (C=O) groups is 1. The van der Waals surface area contributed by atoms with Crippen molar-refractivity contribution >= 4 is 5.97 Å². The third-order valence-corrected chi connectivity index (χ3v) is 14.5. The Morgan fingerprint density at radius 1 is 0.405 bits per heavy atom. The maximum atomic E-state index is 14.4. The van der Waals surface area contributed by atoms with Gasteiger partial charge in [-0.25, -0.2) is 4.79 Å². The van der Waals surface area contributed by atoms with Gasteiger partial charge >= 0.3 is 5.97 Å². The number of hydrogen-bond donors (Lipinski definition) is 0. The average Bonchev–Trinajstić information content (AvgIpc) is 3.54. The van der Waals surface area contributed by atoms with Crippen molar-refractivity contribution in [2.45, 2.75) is 134 Å². The Labute approximate surface area is 465 Å². The van der Waals surface area contributed by atoms with Gasteiger partial charge in [-0.2, -0.15) is 0 Å². The van der Waals surface area contributed by atoms with Crippen LogP contribution >= 0.6 is 0 Å². The van der Waals surface area contributed by atoms with Gasteiger partial charge in [0.25, 0.3) is 0 Å². The lowest BCUT2D eigenvalue weighted by Gasteiger charge is -2.51. The van der Waals surface area contributed by atoms with E-state index in [2.05, 4.69) is 27.7 Å². The molecule has 0 aliphatic carbocycles. The van der Waals surface area contributed by atoms with Gasteiger partial charge in [0.1, 0.15) is 42.7 Å². The van der Waals surface area contributed by atoms with E-state index in [0.717, 1.165) is 33.4 Å². The van der Waals surface area contributed by atoms with E-state index in [9.17, 15) is 4.79 Å². The zero-order valence-corrected chi connectivity index (χ0v) is 45.6. The molecule has 0 aromatic heterocycles. The zero-order chi connectivity index (χ0) is 54.7. The summed E-state index contributed by atoms with van der Waals surface area (Å²) in [7, 11) is 0. The number of ether oxygens (including phenoxy) is 11. The van der Waals surface area contributed by atoms with Crippen LogP contribution in [0.4, 0.5) is 0 Å². The molecule has 12 nitrogen and oxygen atoms in total. The van der Waals surface area contributed by atoms with Crippen LogP contribution < -0.4 is 0 Å². The van der Waals surface area contributed by atoms with Crippen molar-refractivity contribution in [1.82, 2.24) is 0 Å². The smallest absolute Gasteiger partial charge is 0.338 e. The molecule has 2 heterocycles. The zero-order valence-electron chi connectivity index (χ0n) is 45.6. The van der Waals surface area contributed by atoms with E-state index < -0.39 is 73.0 Å². The summed E-state index contributed by atoms with van der Waals surface area (Å²) in [6.07, 6.45) is -9.77. The third-order valence-electron chi connectivity index (χ3n) is 14.5. The third kappa shape index (κ3) is 16.6. The molecule has 0 spiro atoms. The molecule has 0 unspecified atom stereocenters. The first-order valence-electron chi connectivity index (χ1n) is 27.4. The van der Waals surface area contributed by atoms with Crippen molar-refractivity contribution in [1.29, 1.82) is 0 Å². The molecule has 10 atom stereocenters. The molecule has 2 aliphatic heterocycles. The van der Waals surface area contributed by atoms with E-state index in [1.165, 1.54) is 0 Å². The van der Waals surface area contributed by atoms with Gasteiger partial charge in [0.2, 0.25) is 0 Å². The minimum absolute atomic E-state index is 0.0141. The lowest BCUT2D eigenvalue weighted by Crippen LogP contribution is -2.67. The highest BCUT2D eigenvalue weighted by molar-refractivity contribution is 5.89. The molecule has 9 rings (SSSR count). The van der Waals surface area contributed by atoms with Crippen molar-refractivity contribution in [3.05, 3.63) is 251 Å². The minimum atomic E-state index is -1.23. The maximum Gasteiger partial charge on any atom is 0.338 e. The fraction of sp³-hybridized carbons (Fsp3) is 0.358. The predicted octanol–water partition coefficient (Wildman–Crippen LogP) is 12.3. The standard InChI is InChI=1S/C67H74O12/c1-48(2)67(3,4)79-66-63(74-45-54-36-22-10-23-37-54)61(72-43-52-32-18-8-19-33-52)59(57(76-66)47-70-41-50-28-14-6-15-29-50)78-65-62(73-44-53-34-20-9-21-35-53)60(71-42-51-30-16-7-17-31-51)58(77-64(68)55-38-24-11-25-39-55)56(75-65)46-69-40-49-26-12-5-13-27-49/h5-39,48,56-63,65-66H,40-47H2,1-4H3/t56-,57-,58-,59+,60+,61+,62-,63-,65-,66+/m1/s1. The van der Waals surface area contributed by atoms with Gasteiger partial charge in [0.15, 0.2) is 18.7 Å². The van der Waals surface area contributed by atoms with Crippen LogP contribution in [-0.2, 0) is 91.7 Å². The Morgan fingerprint density at radius 3 is 1.11 bits per heavy atom. The van der Waals surface area contributed by atoms with E-state index >= 15 is 0 Å². The highest BCUT2D eigenvalue weighted by Gasteiger charge is 2.56. The van der Waals surface area contributed by atoms with E-state index in [1.807, 2.05) is 188 Å². The van der Waals surface area contributed by atoms with Gasteiger partial charge in [0.05, 0.1) is 64.0 Å². The van der Waals surface area contributed by atoms with E-state index in [0.29, 0.717) is 12.2 Å². The van der Waals surface area contributed by atoms with E-state index in [4.69, 9.17) is 52.1 Å². The molecular formula is C67H74O12. The molecule has 2 saturated heterocycles. The highest BCUT2D eigenvalue weighted by Crippen LogP contribution is 2.39. The Morgan fingerprint density at radius 2 is 0.722 bits per heavy atom. The summed E-state index contributed by atoms with van der Waals surface area (Å²) in [6.45, 7) is 9.66. The summed E-state index contributed by atoms with van der Waals surface area (Å²) in [5.41, 5.74) is 5.34. The van der Waals surface area contributed by atoms with Crippen molar-refractivity contribution in [3.63, 3.8) is 0 Å². The van der Waals surface area contributed by atoms with Gasteiger partial charge in [-0.3, -0.25) is 0 Å². The van der Waals surface area contributed by atoms with Crippen molar-refractivity contribution in [2.75, 3.05) is 13.2 Å². The summed E-state index contributed by atoms with van der Waals surface area (Å²) >= 11 is 0. The second kappa shape index (κ2) is 29.2. The molecule has 2 fully saturated rings. The molecule has 0 bridgehead atoms. The highest BCUT2D eigenvalue weighted by atomic mass is 16.8. The average molecular weight is 1070 g/mol. The fourth-order valence-corrected chi connectivity index (χ4v) is 9.43. The van der Waals surface area contributed by atoms with Gasteiger partial charge in [-0.05, 0) is 65.3 Å².